The van der Waals surface area contributed by atoms with Crippen molar-refractivity contribution in [2.24, 2.45) is 0 Å². The maximum absolute atomic E-state index is 11.6. The second kappa shape index (κ2) is 6.91. The summed E-state index contributed by atoms with van der Waals surface area (Å²) in [6, 6.07) is 5.83. The molecule has 0 aromatic heterocycles. The summed E-state index contributed by atoms with van der Waals surface area (Å²) < 4.78 is 4.87. The van der Waals surface area contributed by atoms with Crippen molar-refractivity contribution in [3.8, 4) is 0 Å². The minimum Gasteiger partial charge on any atom is -0.383 e. The van der Waals surface area contributed by atoms with Gasteiger partial charge >= 0.3 is 6.03 Å². The Bertz CT molecular complexity index is 378. The molecule has 0 atom stereocenters. The summed E-state index contributed by atoms with van der Waals surface area (Å²) in [5.41, 5.74) is 3.13. The number of aryl methyl sites for hydroxylation is 2. The van der Waals surface area contributed by atoms with Crippen LogP contribution in [0.15, 0.2) is 18.2 Å². The second-order valence-corrected chi connectivity index (χ2v) is 3.84. The summed E-state index contributed by atoms with van der Waals surface area (Å²) in [4.78, 5) is 11.6. The number of para-hydroxylation sites is 1. The van der Waals surface area contributed by atoms with Crippen molar-refractivity contribution in [2.75, 3.05) is 25.6 Å². The molecule has 1 rings (SSSR count). The van der Waals surface area contributed by atoms with Gasteiger partial charge in [-0.25, -0.2) is 4.79 Å². The molecule has 0 bridgehead atoms. The second-order valence-electron chi connectivity index (χ2n) is 3.84. The molecule has 0 fully saturated rings. The molecule has 2 amide bonds. The van der Waals surface area contributed by atoms with E-state index in [1.807, 2.05) is 25.1 Å². The summed E-state index contributed by atoms with van der Waals surface area (Å²) in [5.74, 6) is 0. The number of anilines is 1. The molecule has 0 saturated heterocycles. The molecule has 0 unspecified atom stereocenters. The average Bonchev–Trinajstić information content (AvgIpc) is 2.32. The maximum Gasteiger partial charge on any atom is 0.319 e. The smallest absolute Gasteiger partial charge is 0.319 e. The van der Waals surface area contributed by atoms with Crippen molar-refractivity contribution in [3.63, 3.8) is 0 Å². The zero-order valence-electron chi connectivity index (χ0n) is 10.7. The fourth-order valence-electron chi connectivity index (χ4n) is 1.63. The fraction of sp³-hybridized carbons (Fsp3) is 0.462. The van der Waals surface area contributed by atoms with Gasteiger partial charge in [0.15, 0.2) is 0 Å². The first-order chi connectivity index (χ1) is 8.19. The molecule has 4 nitrogen and oxygen atoms in total. The van der Waals surface area contributed by atoms with E-state index in [4.69, 9.17) is 4.74 Å². The van der Waals surface area contributed by atoms with Gasteiger partial charge in [-0.3, -0.25) is 0 Å². The summed E-state index contributed by atoms with van der Waals surface area (Å²) in [5, 5.41) is 5.62. The van der Waals surface area contributed by atoms with E-state index in [1.165, 1.54) is 0 Å². The van der Waals surface area contributed by atoms with E-state index in [9.17, 15) is 4.79 Å². The first-order valence-electron chi connectivity index (χ1n) is 5.81. The van der Waals surface area contributed by atoms with Gasteiger partial charge in [-0.2, -0.15) is 0 Å². The van der Waals surface area contributed by atoms with Crippen LogP contribution in [-0.2, 0) is 11.2 Å². The normalized spacial score (nSPS) is 10.1. The van der Waals surface area contributed by atoms with E-state index in [-0.39, 0.29) is 6.03 Å². The first-order valence-corrected chi connectivity index (χ1v) is 5.81. The van der Waals surface area contributed by atoms with Gasteiger partial charge in [0, 0.05) is 19.3 Å². The number of rotatable bonds is 5. The van der Waals surface area contributed by atoms with Crippen LogP contribution in [0.4, 0.5) is 10.5 Å². The van der Waals surface area contributed by atoms with Crippen LogP contribution in [0.2, 0.25) is 0 Å². The third kappa shape index (κ3) is 4.07. The highest BCUT2D eigenvalue weighted by Crippen LogP contribution is 2.20. The van der Waals surface area contributed by atoms with Gasteiger partial charge in [0.25, 0.3) is 0 Å². The number of carbonyl (C=O) groups is 1. The molecule has 0 spiro atoms. The molecule has 1 aromatic carbocycles. The molecule has 0 aliphatic rings. The lowest BCUT2D eigenvalue weighted by Crippen LogP contribution is -2.31. The van der Waals surface area contributed by atoms with Crippen molar-refractivity contribution in [3.05, 3.63) is 29.3 Å². The molecule has 94 valence electrons. The van der Waals surface area contributed by atoms with Crippen LogP contribution >= 0.6 is 0 Å². The Hall–Kier alpha value is -1.55. The van der Waals surface area contributed by atoms with Crippen LogP contribution < -0.4 is 10.6 Å². The predicted octanol–water partition coefficient (Wildman–Crippen LogP) is 2.33. The molecule has 0 saturated carbocycles. The average molecular weight is 236 g/mol. The summed E-state index contributed by atoms with van der Waals surface area (Å²) >= 11 is 0. The van der Waals surface area contributed by atoms with Gasteiger partial charge in [0.2, 0.25) is 0 Å². The van der Waals surface area contributed by atoms with E-state index in [2.05, 4.69) is 17.6 Å². The van der Waals surface area contributed by atoms with Gasteiger partial charge in [0.05, 0.1) is 6.61 Å². The number of ether oxygens (including phenoxy) is 1. The van der Waals surface area contributed by atoms with Crippen molar-refractivity contribution >= 4 is 11.7 Å². The quantitative estimate of drug-likeness (QED) is 0.771. The summed E-state index contributed by atoms with van der Waals surface area (Å²) in [6.07, 6.45) is 0.898. The highest BCUT2D eigenvalue weighted by atomic mass is 16.5. The summed E-state index contributed by atoms with van der Waals surface area (Å²) in [6.45, 7) is 5.09. The monoisotopic (exact) mass is 236 g/mol. The summed E-state index contributed by atoms with van der Waals surface area (Å²) in [7, 11) is 1.61. The Labute approximate surface area is 102 Å². The molecular formula is C13H20N2O2. The van der Waals surface area contributed by atoms with Gasteiger partial charge in [-0.15, -0.1) is 0 Å². The van der Waals surface area contributed by atoms with Crippen LogP contribution in [0.5, 0.6) is 0 Å². The van der Waals surface area contributed by atoms with E-state index in [1.54, 1.807) is 7.11 Å². The van der Waals surface area contributed by atoms with E-state index in [0.717, 1.165) is 23.2 Å². The fourth-order valence-corrected chi connectivity index (χ4v) is 1.63. The largest absolute Gasteiger partial charge is 0.383 e. The Morgan fingerprint density at radius 2 is 2.18 bits per heavy atom. The third-order valence-electron chi connectivity index (χ3n) is 2.57. The number of hydrogen-bond acceptors (Lipinski definition) is 2. The van der Waals surface area contributed by atoms with Gasteiger partial charge in [0.1, 0.15) is 0 Å². The van der Waals surface area contributed by atoms with Crippen molar-refractivity contribution in [2.45, 2.75) is 20.3 Å². The number of benzene rings is 1. The SMILES string of the molecule is CCc1cccc(C)c1NC(=O)NCCOC. The lowest BCUT2D eigenvalue weighted by Gasteiger charge is -2.13. The minimum absolute atomic E-state index is 0.189. The lowest BCUT2D eigenvalue weighted by atomic mass is 10.1. The number of amides is 2. The number of methoxy groups -OCH3 is 1. The van der Waals surface area contributed by atoms with E-state index < -0.39 is 0 Å². The molecular weight excluding hydrogens is 216 g/mol. The van der Waals surface area contributed by atoms with Gasteiger partial charge in [-0.05, 0) is 24.5 Å². The van der Waals surface area contributed by atoms with Crippen molar-refractivity contribution < 1.29 is 9.53 Å². The van der Waals surface area contributed by atoms with E-state index >= 15 is 0 Å². The standard InChI is InChI=1S/C13H20N2O2/c1-4-11-7-5-6-10(2)12(11)15-13(16)14-8-9-17-3/h5-7H,4,8-9H2,1-3H3,(H2,14,15,16). The van der Waals surface area contributed by atoms with Crippen molar-refractivity contribution in [1.82, 2.24) is 5.32 Å². The topological polar surface area (TPSA) is 50.4 Å². The molecule has 0 aliphatic carbocycles. The van der Waals surface area contributed by atoms with Gasteiger partial charge < -0.3 is 15.4 Å². The lowest BCUT2D eigenvalue weighted by molar-refractivity contribution is 0.198. The van der Waals surface area contributed by atoms with Crippen LogP contribution in [0.3, 0.4) is 0 Å². The predicted molar refractivity (Wildman–Crippen MR) is 69.5 cm³/mol. The zero-order chi connectivity index (χ0) is 12.7. The highest BCUT2D eigenvalue weighted by Gasteiger charge is 2.07. The van der Waals surface area contributed by atoms with Gasteiger partial charge in [-0.1, -0.05) is 25.1 Å². The molecule has 0 aliphatic heterocycles. The molecule has 0 heterocycles. The minimum atomic E-state index is -0.189. The molecule has 0 radical (unpaired) electrons. The van der Waals surface area contributed by atoms with E-state index in [0.29, 0.717) is 13.2 Å². The van der Waals surface area contributed by atoms with Crippen LogP contribution in [0, 0.1) is 6.92 Å². The number of urea groups is 1. The van der Waals surface area contributed by atoms with Crippen molar-refractivity contribution in [1.29, 1.82) is 0 Å². The molecule has 17 heavy (non-hydrogen) atoms. The third-order valence-corrected chi connectivity index (χ3v) is 2.57. The van der Waals surface area contributed by atoms with Crippen LogP contribution in [0.1, 0.15) is 18.1 Å². The molecule has 2 N–H and O–H groups in total. The Morgan fingerprint density at radius 3 is 2.82 bits per heavy atom. The molecule has 4 heteroatoms. The first kappa shape index (κ1) is 13.5. The molecule has 1 aromatic rings. The maximum atomic E-state index is 11.6. The van der Waals surface area contributed by atoms with Crippen LogP contribution in [-0.4, -0.2) is 26.3 Å². The number of hydrogen-bond donors (Lipinski definition) is 2. The number of carbonyl (C=O) groups excluding carboxylic acids is 1. The number of nitrogens with one attached hydrogen (secondary N) is 2. The Kier molecular flexibility index (Phi) is 5.49. The van der Waals surface area contributed by atoms with Crippen LogP contribution in [0.25, 0.3) is 0 Å². The zero-order valence-corrected chi connectivity index (χ0v) is 10.7. The Balaban J connectivity index is 2.64. The Morgan fingerprint density at radius 1 is 1.41 bits per heavy atom. The highest BCUT2D eigenvalue weighted by molar-refractivity contribution is 5.91.